The predicted octanol–water partition coefficient (Wildman–Crippen LogP) is 2.34. The lowest BCUT2D eigenvalue weighted by molar-refractivity contribution is -0.137. The minimum absolute atomic E-state index is 0.00313. The van der Waals surface area contributed by atoms with Crippen LogP contribution in [0, 0.1) is 11.3 Å². The molecular weight excluding hydrogens is 418 g/mol. The van der Waals surface area contributed by atoms with Crippen LogP contribution in [0.25, 0.3) is 0 Å². The van der Waals surface area contributed by atoms with E-state index in [1.54, 1.807) is 4.90 Å². The lowest BCUT2D eigenvalue weighted by atomic mass is 9.69. The molecule has 29 heavy (non-hydrogen) atoms. The number of anilines is 1. The molecule has 3 rings (SSSR count). The third-order valence-electron chi connectivity index (χ3n) is 5.28. The number of hydrogen-bond acceptors (Lipinski definition) is 7. The Morgan fingerprint density at radius 3 is 2.21 bits per heavy atom. The van der Waals surface area contributed by atoms with Gasteiger partial charge in [-0.3, -0.25) is 14.4 Å². The molecule has 0 N–H and O–H groups in total. The van der Waals surface area contributed by atoms with E-state index in [2.05, 4.69) is 0 Å². The lowest BCUT2D eigenvalue weighted by Gasteiger charge is -2.33. The van der Waals surface area contributed by atoms with E-state index in [1.807, 2.05) is 13.8 Å². The summed E-state index contributed by atoms with van der Waals surface area (Å²) in [6.07, 6.45) is 1.33. The van der Waals surface area contributed by atoms with Crippen LogP contribution in [0.1, 0.15) is 37.0 Å². The second-order valence-corrected chi connectivity index (χ2v) is 10.8. The first-order valence-corrected chi connectivity index (χ1v) is 11.6. The van der Waals surface area contributed by atoms with E-state index in [0.717, 1.165) is 6.26 Å². The van der Waals surface area contributed by atoms with E-state index in [-0.39, 0.29) is 34.0 Å². The SMILES string of the molecule is CC1(C)CC(=O)C(C(=O)c2ccc(S(C)(=O)=O)c(N3CCOCC3)c2Cl)C(=O)C1. The highest BCUT2D eigenvalue weighted by molar-refractivity contribution is 7.90. The standard InChI is InChI=1S/C20H24ClNO6S/c1-20(2)10-13(23)16(14(24)11-20)19(25)12-4-5-15(29(3,26)27)18(17(12)21)22-6-8-28-9-7-22/h4-5,16H,6-11H2,1-3H3. The molecule has 1 aliphatic heterocycles. The zero-order valence-electron chi connectivity index (χ0n) is 16.7. The van der Waals surface area contributed by atoms with E-state index in [4.69, 9.17) is 16.3 Å². The summed E-state index contributed by atoms with van der Waals surface area (Å²) in [6.45, 7) is 5.24. The molecule has 1 saturated carbocycles. The Kier molecular flexibility index (Phi) is 5.91. The number of benzene rings is 1. The first-order valence-electron chi connectivity index (χ1n) is 9.37. The summed E-state index contributed by atoms with van der Waals surface area (Å²) >= 11 is 6.53. The third-order valence-corrected chi connectivity index (χ3v) is 6.79. The molecule has 0 spiro atoms. The first-order chi connectivity index (χ1) is 13.4. The summed E-state index contributed by atoms with van der Waals surface area (Å²) in [5.74, 6) is -2.91. The third kappa shape index (κ3) is 4.39. The summed E-state index contributed by atoms with van der Waals surface area (Å²) in [7, 11) is -3.62. The van der Waals surface area contributed by atoms with Crippen molar-refractivity contribution in [1.82, 2.24) is 0 Å². The number of ether oxygens (including phenoxy) is 1. The van der Waals surface area contributed by atoms with Crippen LogP contribution in [0.4, 0.5) is 5.69 Å². The molecule has 0 atom stereocenters. The van der Waals surface area contributed by atoms with E-state index in [9.17, 15) is 22.8 Å². The van der Waals surface area contributed by atoms with Gasteiger partial charge in [-0.25, -0.2) is 8.42 Å². The van der Waals surface area contributed by atoms with Gasteiger partial charge in [0.25, 0.3) is 0 Å². The fourth-order valence-corrected chi connectivity index (χ4v) is 5.29. The number of carbonyl (C=O) groups excluding carboxylic acids is 3. The van der Waals surface area contributed by atoms with Crippen molar-refractivity contribution in [2.75, 3.05) is 37.5 Å². The van der Waals surface area contributed by atoms with Crippen molar-refractivity contribution in [3.8, 4) is 0 Å². The van der Waals surface area contributed by atoms with Crippen molar-refractivity contribution < 1.29 is 27.5 Å². The second kappa shape index (κ2) is 7.81. The van der Waals surface area contributed by atoms with Gasteiger partial charge >= 0.3 is 0 Å². The van der Waals surface area contributed by atoms with Crippen molar-refractivity contribution in [3.63, 3.8) is 0 Å². The molecule has 0 amide bonds. The molecule has 1 aromatic carbocycles. The van der Waals surface area contributed by atoms with E-state index in [0.29, 0.717) is 26.3 Å². The predicted molar refractivity (Wildman–Crippen MR) is 108 cm³/mol. The summed E-state index contributed by atoms with van der Waals surface area (Å²) in [5.41, 5.74) is -0.264. The summed E-state index contributed by atoms with van der Waals surface area (Å²) in [6, 6.07) is 2.62. The molecule has 7 nitrogen and oxygen atoms in total. The van der Waals surface area contributed by atoms with Crippen molar-refractivity contribution in [1.29, 1.82) is 0 Å². The van der Waals surface area contributed by atoms with Crippen LogP contribution in [0.3, 0.4) is 0 Å². The highest BCUT2D eigenvalue weighted by Crippen LogP contribution is 2.40. The molecule has 158 valence electrons. The smallest absolute Gasteiger partial charge is 0.182 e. The maximum Gasteiger partial charge on any atom is 0.182 e. The number of nitrogens with zero attached hydrogens (tertiary/aromatic N) is 1. The highest BCUT2D eigenvalue weighted by Gasteiger charge is 2.44. The van der Waals surface area contributed by atoms with Gasteiger partial charge in [0.1, 0.15) is 5.92 Å². The van der Waals surface area contributed by atoms with Gasteiger partial charge in [0, 0.05) is 37.8 Å². The van der Waals surface area contributed by atoms with E-state index >= 15 is 0 Å². The number of halogens is 1. The molecule has 1 heterocycles. The van der Waals surface area contributed by atoms with Crippen LogP contribution in [-0.4, -0.2) is 58.3 Å². The second-order valence-electron chi connectivity index (χ2n) is 8.39. The van der Waals surface area contributed by atoms with E-state index < -0.39 is 38.5 Å². The van der Waals surface area contributed by atoms with Crippen LogP contribution in [0.15, 0.2) is 17.0 Å². The van der Waals surface area contributed by atoms with Gasteiger partial charge in [-0.2, -0.15) is 0 Å². The number of rotatable bonds is 4. The van der Waals surface area contributed by atoms with Crippen molar-refractivity contribution >= 4 is 44.5 Å². The van der Waals surface area contributed by atoms with Crippen molar-refractivity contribution in [2.45, 2.75) is 31.6 Å². The number of hydrogen-bond donors (Lipinski definition) is 0. The average Bonchev–Trinajstić information content (AvgIpc) is 2.59. The highest BCUT2D eigenvalue weighted by atomic mass is 35.5. The number of carbonyl (C=O) groups is 3. The summed E-state index contributed by atoms with van der Waals surface area (Å²) in [4.78, 5) is 40.0. The largest absolute Gasteiger partial charge is 0.378 e. The molecule has 0 bridgehead atoms. The van der Waals surface area contributed by atoms with Crippen LogP contribution in [-0.2, 0) is 24.2 Å². The molecule has 2 aliphatic rings. The topological polar surface area (TPSA) is 97.8 Å². The molecule has 1 saturated heterocycles. The molecule has 0 aromatic heterocycles. The first kappa shape index (κ1) is 21.9. The van der Waals surface area contributed by atoms with Crippen molar-refractivity contribution in [3.05, 3.63) is 22.7 Å². The molecule has 9 heteroatoms. The minimum Gasteiger partial charge on any atom is -0.378 e. The Morgan fingerprint density at radius 1 is 1.14 bits per heavy atom. The molecule has 0 unspecified atom stereocenters. The molecule has 2 fully saturated rings. The maximum absolute atomic E-state index is 13.1. The van der Waals surface area contributed by atoms with Crippen LogP contribution in [0.5, 0.6) is 0 Å². The molecule has 0 radical (unpaired) electrons. The zero-order chi connectivity index (χ0) is 21.6. The number of Topliss-reactive ketones (excluding diaryl/α,β-unsaturated/α-hetero) is 3. The fourth-order valence-electron chi connectivity index (χ4n) is 3.96. The van der Waals surface area contributed by atoms with Gasteiger partial charge in [0.05, 0.1) is 28.8 Å². The Morgan fingerprint density at radius 2 is 1.69 bits per heavy atom. The average molecular weight is 442 g/mol. The summed E-state index contributed by atoms with van der Waals surface area (Å²) in [5, 5.41) is -0.0507. The van der Waals surface area contributed by atoms with Gasteiger partial charge in [0.15, 0.2) is 27.2 Å². The van der Waals surface area contributed by atoms with Gasteiger partial charge in [-0.05, 0) is 17.5 Å². The zero-order valence-corrected chi connectivity index (χ0v) is 18.2. The van der Waals surface area contributed by atoms with Gasteiger partial charge in [-0.15, -0.1) is 0 Å². The monoisotopic (exact) mass is 441 g/mol. The molecule has 1 aromatic rings. The number of sulfone groups is 1. The van der Waals surface area contributed by atoms with Crippen LogP contribution in [0.2, 0.25) is 5.02 Å². The van der Waals surface area contributed by atoms with Crippen molar-refractivity contribution in [2.24, 2.45) is 11.3 Å². The molecular formula is C20H24ClNO6S. The minimum atomic E-state index is -3.62. The Labute approximate surface area is 175 Å². The number of morpholine rings is 1. The van der Waals surface area contributed by atoms with Gasteiger partial charge in [0.2, 0.25) is 0 Å². The maximum atomic E-state index is 13.1. The van der Waals surface area contributed by atoms with E-state index in [1.165, 1.54) is 12.1 Å². The lowest BCUT2D eigenvalue weighted by Crippen LogP contribution is -2.42. The van der Waals surface area contributed by atoms with Gasteiger partial charge < -0.3 is 9.64 Å². The Hall–Kier alpha value is -1.77. The van der Waals surface area contributed by atoms with Gasteiger partial charge in [-0.1, -0.05) is 25.4 Å². The van der Waals surface area contributed by atoms with Crippen LogP contribution < -0.4 is 4.90 Å². The fraction of sp³-hybridized carbons (Fsp3) is 0.550. The normalized spacial score (nSPS) is 20.8. The Balaban J connectivity index is 2.07. The Bertz CT molecular complexity index is 959. The quantitative estimate of drug-likeness (QED) is 0.522. The molecule has 1 aliphatic carbocycles. The van der Waals surface area contributed by atoms with Crippen LogP contribution >= 0.6 is 11.6 Å². The number of ketones is 3. The summed E-state index contributed by atoms with van der Waals surface area (Å²) < 4.78 is 29.9.